The lowest BCUT2D eigenvalue weighted by atomic mass is 10.2. The summed E-state index contributed by atoms with van der Waals surface area (Å²) in [6, 6.07) is 5.29. The molecular formula is C17H25FN2O2. The molecule has 4 nitrogen and oxygen atoms in total. The fourth-order valence-corrected chi connectivity index (χ4v) is 2.46. The van der Waals surface area contributed by atoms with Crippen molar-refractivity contribution >= 4 is 11.8 Å². The molecule has 1 aliphatic rings. The van der Waals surface area contributed by atoms with Crippen LogP contribution in [0.25, 0.3) is 0 Å². The summed E-state index contributed by atoms with van der Waals surface area (Å²) in [6.45, 7) is 10.1. The molecule has 2 rings (SSSR count). The Hall–Kier alpha value is -1.78. The zero-order valence-corrected chi connectivity index (χ0v) is 13.9. The number of hydrogen-bond donors (Lipinski definition) is 0. The molecule has 1 fully saturated rings. The highest BCUT2D eigenvalue weighted by molar-refractivity contribution is 5.68. The Morgan fingerprint density at radius 1 is 1.18 bits per heavy atom. The van der Waals surface area contributed by atoms with Crippen molar-refractivity contribution in [3.8, 4) is 0 Å². The number of halogens is 1. The first-order valence-electron chi connectivity index (χ1n) is 7.75. The molecule has 0 aliphatic carbocycles. The van der Waals surface area contributed by atoms with Gasteiger partial charge in [-0.3, -0.25) is 0 Å². The van der Waals surface area contributed by atoms with Crippen LogP contribution in [0.1, 0.15) is 32.8 Å². The fourth-order valence-electron chi connectivity index (χ4n) is 2.46. The Balaban J connectivity index is 2.00. The molecule has 1 saturated heterocycles. The number of ether oxygens (including phenoxy) is 1. The lowest BCUT2D eigenvalue weighted by molar-refractivity contribution is 0.0263. The van der Waals surface area contributed by atoms with Gasteiger partial charge in [-0.05, 0) is 51.8 Å². The van der Waals surface area contributed by atoms with Crippen molar-refractivity contribution in [2.75, 3.05) is 31.1 Å². The average Bonchev–Trinajstić information content (AvgIpc) is 2.66. The van der Waals surface area contributed by atoms with E-state index in [9.17, 15) is 9.18 Å². The average molecular weight is 308 g/mol. The molecule has 1 aliphatic heterocycles. The van der Waals surface area contributed by atoms with E-state index in [2.05, 4.69) is 4.90 Å². The van der Waals surface area contributed by atoms with E-state index in [1.165, 1.54) is 0 Å². The van der Waals surface area contributed by atoms with Gasteiger partial charge in [0, 0.05) is 31.9 Å². The number of rotatable bonds is 1. The van der Waals surface area contributed by atoms with Crippen LogP contribution in [-0.4, -0.2) is 42.8 Å². The molecule has 1 aromatic carbocycles. The van der Waals surface area contributed by atoms with Crippen molar-refractivity contribution < 1.29 is 13.9 Å². The van der Waals surface area contributed by atoms with Gasteiger partial charge in [-0.1, -0.05) is 6.07 Å². The minimum atomic E-state index is -0.483. The summed E-state index contributed by atoms with van der Waals surface area (Å²) in [5, 5.41) is 0. The van der Waals surface area contributed by atoms with Crippen LogP contribution in [0, 0.1) is 12.7 Å². The van der Waals surface area contributed by atoms with E-state index in [-0.39, 0.29) is 11.9 Å². The second kappa shape index (κ2) is 6.55. The molecular weight excluding hydrogens is 283 g/mol. The SMILES string of the molecule is Cc1ccc(N2CCCN(C(=O)OC(C)(C)C)CC2)cc1F. The number of nitrogens with zero attached hydrogens (tertiary/aromatic N) is 2. The third-order valence-corrected chi connectivity index (χ3v) is 3.67. The molecule has 22 heavy (non-hydrogen) atoms. The molecule has 1 heterocycles. The van der Waals surface area contributed by atoms with E-state index in [0.29, 0.717) is 25.2 Å². The zero-order valence-electron chi connectivity index (χ0n) is 13.9. The van der Waals surface area contributed by atoms with E-state index < -0.39 is 5.60 Å². The second-order valence-electron chi connectivity index (χ2n) is 6.74. The maximum absolute atomic E-state index is 13.7. The van der Waals surface area contributed by atoms with E-state index in [0.717, 1.165) is 18.7 Å². The Kier molecular flexibility index (Phi) is 4.94. The van der Waals surface area contributed by atoms with Crippen LogP contribution in [0.15, 0.2) is 18.2 Å². The number of carbonyl (C=O) groups is 1. The van der Waals surface area contributed by atoms with Crippen LogP contribution >= 0.6 is 0 Å². The van der Waals surface area contributed by atoms with Crippen molar-refractivity contribution in [2.24, 2.45) is 0 Å². The Labute approximate surface area is 131 Å². The molecule has 0 unspecified atom stereocenters. The minimum Gasteiger partial charge on any atom is -0.444 e. The van der Waals surface area contributed by atoms with Gasteiger partial charge < -0.3 is 14.5 Å². The van der Waals surface area contributed by atoms with Crippen molar-refractivity contribution in [1.82, 2.24) is 4.90 Å². The largest absolute Gasteiger partial charge is 0.444 e. The molecule has 0 radical (unpaired) electrons. The smallest absolute Gasteiger partial charge is 0.410 e. The van der Waals surface area contributed by atoms with Gasteiger partial charge in [-0.2, -0.15) is 0 Å². The zero-order chi connectivity index (χ0) is 16.3. The predicted molar refractivity (Wildman–Crippen MR) is 85.8 cm³/mol. The quantitative estimate of drug-likeness (QED) is 0.795. The molecule has 0 N–H and O–H groups in total. The molecule has 122 valence electrons. The fraction of sp³-hybridized carbons (Fsp3) is 0.588. The highest BCUT2D eigenvalue weighted by atomic mass is 19.1. The summed E-state index contributed by atoms with van der Waals surface area (Å²) < 4.78 is 19.1. The van der Waals surface area contributed by atoms with Gasteiger partial charge in [0.15, 0.2) is 0 Å². The first-order valence-corrected chi connectivity index (χ1v) is 7.75. The van der Waals surface area contributed by atoms with Gasteiger partial charge >= 0.3 is 6.09 Å². The summed E-state index contributed by atoms with van der Waals surface area (Å²) in [6.07, 6.45) is 0.568. The van der Waals surface area contributed by atoms with Crippen LogP contribution in [0.4, 0.5) is 14.9 Å². The molecule has 5 heteroatoms. The summed E-state index contributed by atoms with van der Waals surface area (Å²) in [5.74, 6) is -0.189. The summed E-state index contributed by atoms with van der Waals surface area (Å²) in [7, 11) is 0. The topological polar surface area (TPSA) is 32.8 Å². The molecule has 0 bridgehead atoms. The third kappa shape index (κ3) is 4.36. The monoisotopic (exact) mass is 308 g/mol. The Bertz CT molecular complexity index is 540. The van der Waals surface area contributed by atoms with Crippen molar-refractivity contribution in [2.45, 2.75) is 39.7 Å². The molecule has 1 aromatic rings. The Morgan fingerprint density at radius 3 is 2.55 bits per heavy atom. The maximum atomic E-state index is 13.7. The first kappa shape index (κ1) is 16.6. The first-order chi connectivity index (χ1) is 10.3. The Morgan fingerprint density at radius 2 is 1.91 bits per heavy atom. The van der Waals surface area contributed by atoms with E-state index >= 15 is 0 Å². The standard InChI is InChI=1S/C17H25FN2O2/c1-13-6-7-14(12-15(13)18)19-8-5-9-20(11-10-19)16(21)22-17(2,3)4/h6-7,12H,5,8-11H2,1-4H3. The number of amides is 1. The molecule has 0 aromatic heterocycles. The highest BCUT2D eigenvalue weighted by Gasteiger charge is 2.24. The van der Waals surface area contributed by atoms with Crippen molar-refractivity contribution in [3.63, 3.8) is 0 Å². The van der Waals surface area contributed by atoms with Gasteiger partial charge in [-0.25, -0.2) is 9.18 Å². The molecule has 0 spiro atoms. The molecule has 1 amide bonds. The lowest BCUT2D eigenvalue weighted by Gasteiger charge is -2.27. The molecule has 0 saturated carbocycles. The minimum absolute atomic E-state index is 0.189. The highest BCUT2D eigenvalue weighted by Crippen LogP contribution is 2.20. The maximum Gasteiger partial charge on any atom is 0.410 e. The predicted octanol–water partition coefficient (Wildman–Crippen LogP) is 3.58. The van der Waals surface area contributed by atoms with Crippen LogP contribution in [0.2, 0.25) is 0 Å². The van der Waals surface area contributed by atoms with Crippen molar-refractivity contribution in [3.05, 3.63) is 29.6 Å². The van der Waals surface area contributed by atoms with Gasteiger partial charge in [0.2, 0.25) is 0 Å². The van der Waals surface area contributed by atoms with Crippen LogP contribution in [0.3, 0.4) is 0 Å². The van der Waals surface area contributed by atoms with E-state index in [4.69, 9.17) is 4.74 Å². The van der Waals surface area contributed by atoms with Gasteiger partial charge in [-0.15, -0.1) is 0 Å². The molecule has 0 atom stereocenters. The number of aryl methyl sites for hydroxylation is 1. The van der Waals surface area contributed by atoms with E-state index in [1.54, 1.807) is 24.0 Å². The summed E-state index contributed by atoms with van der Waals surface area (Å²) in [5.41, 5.74) is 1.03. The van der Waals surface area contributed by atoms with E-state index in [1.807, 2.05) is 26.8 Å². The van der Waals surface area contributed by atoms with Crippen LogP contribution in [-0.2, 0) is 4.74 Å². The number of hydrogen-bond acceptors (Lipinski definition) is 3. The van der Waals surface area contributed by atoms with Gasteiger partial charge in [0.05, 0.1) is 0 Å². The number of anilines is 1. The third-order valence-electron chi connectivity index (χ3n) is 3.67. The van der Waals surface area contributed by atoms with Gasteiger partial charge in [0.25, 0.3) is 0 Å². The summed E-state index contributed by atoms with van der Waals surface area (Å²) in [4.78, 5) is 16.0. The normalized spacial score (nSPS) is 16.4. The van der Waals surface area contributed by atoms with Gasteiger partial charge in [0.1, 0.15) is 11.4 Å². The summed E-state index contributed by atoms with van der Waals surface area (Å²) >= 11 is 0. The second-order valence-corrected chi connectivity index (χ2v) is 6.74. The van der Waals surface area contributed by atoms with Crippen LogP contribution < -0.4 is 4.90 Å². The van der Waals surface area contributed by atoms with Crippen LogP contribution in [0.5, 0.6) is 0 Å². The number of benzene rings is 1. The van der Waals surface area contributed by atoms with Crippen molar-refractivity contribution in [1.29, 1.82) is 0 Å². The lowest BCUT2D eigenvalue weighted by Crippen LogP contribution is -2.39. The number of carbonyl (C=O) groups excluding carboxylic acids is 1.